The lowest BCUT2D eigenvalue weighted by atomic mass is 10.2. The average Bonchev–Trinajstić information content (AvgIpc) is 2.57. The van der Waals surface area contributed by atoms with Crippen molar-refractivity contribution in [3.8, 4) is 17.2 Å². The maximum Gasteiger partial charge on any atom is 0.161 e. The lowest BCUT2D eigenvalue weighted by Crippen LogP contribution is -2.10. The standard InChI is InChI=1S/C17H17Cl2NO4/c1-2-22-17-9-12(11-20-21)3-6-15(17)23-7-8-24-16-10-13(18)4-5-14(16)19/h3-6,9-11,21H,2,7-8H2,1H3. The van der Waals surface area contributed by atoms with Gasteiger partial charge in [0, 0.05) is 16.7 Å². The van der Waals surface area contributed by atoms with Gasteiger partial charge in [-0.3, -0.25) is 0 Å². The van der Waals surface area contributed by atoms with Crippen molar-refractivity contribution in [2.24, 2.45) is 5.16 Å². The van der Waals surface area contributed by atoms with E-state index in [9.17, 15) is 0 Å². The molecule has 0 amide bonds. The highest BCUT2D eigenvalue weighted by Gasteiger charge is 2.07. The molecule has 0 aliphatic carbocycles. The fraction of sp³-hybridized carbons (Fsp3) is 0.235. The third-order valence-electron chi connectivity index (χ3n) is 2.97. The van der Waals surface area contributed by atoms with E-state index >= 15 is 0 Å². The highest BCUT2D eigenvalue weighted by molar-refractivity contribution is 6.34. The van der Waals surface area contributed by atoms with Gasteiger partial charge in [-0.05, 0) is 37.3 Å². The van der Waals surface area contributed by atoms with Crippen molar-refractivity contribution in [1.82, 2.24) is 0 Å². The Bertz CT molecular complexity index is 707. The molecule has 0 aromatic heterocycles. The summed E-state index contributed by atoms with van der Waals surface area (Å²) in [5, 5.41) is 12.6. The van der Waals surface area contributed by atoms with Crippen LogP contribution in [-0.4, -0.2) is 31.2 Å². The minimum absolute atomic E-state index is 0.297. The third-order valence-corrected chi connectivity index (χ3v) is 3.51. The zero-order valence-corrected chi connectivity index (χ0v) is 14.5. The fourth-order valence-corrected chi connectivity index (χ4v) is 2.28. The Kier molecular flexibility index (Phi) is 7.03. The Balaban J connectivity index is 1.95. The predicted octanol–water partition coefficient (Wildman–Crippen LogP) is 4.66. The minimum Gasteiger partial charge on any atom is -0.490 e. The van der Waals surface area contributed by atoms with Crippen molar-refractivity contribution in [3.63, 3.8) is 0 Å². The second-order valence-electron chi connectivity index (χ2n) is 4.66. The molecule has 128 valence electrons. The molecule has 0 spiro atoms. The Morgan fingerprint density at radius 1 is 0.958 bits per heavy atom. The first kappa shape index (κ1) is 18.2. The number of ether oxygens (including phenoxy) is 3. The molecule has 0 unspecified atom stereocenters. The number of nitrogens with zero attached hydrogens (tertiary/aromatic N) is 1. The summed E-state index contributed by atoms with van der Waals surface area (Å²) in [5.41, 5.74) is 0.704. The number of hydrogen-bond acceptors (Lipinski definition) is 5. The molecule has 2 aromatic carbocycles. The summed E-state index contributed by atoms with van der Waals surface area (Å²) in [6.07, 6.45) is 1.32. The zero-order valence-electron chi connectivity index (χ0n) is 13.0. The first-order valence-corrected chi connectivity index (χ1v) is 8.04. The molecule has 0 saturated heterocycles. The molecule has 0 saturated carbocycles. The smallest absolute Gasteiger partial charge is 0.161 e. The van der Waals surface area contributed by atoms with E-state index in [1.54, 1.807) is 36.4 Å². The van der Waals surface area contributed by atoms with Crippen LogP contribution in [0.3, 0.4) is 0 Å². The van der Waals surface area contributed by atoms with Crippen LogP contribution in [0.5, 0.6) is 17.2 Å². The molecule has 2 rings (SSSR count). The lowest BCUT2D eigenvalue weighted by Gasteiger charge is -2.13. The van der Waals surface area contributed by atoms with Gasteiger partial charge in [0.25, 0.3) is 0 Å². The molecule has 2 aromatic rings. The largest absolute Gasteiger partial charge is 0.490 e. The molecule has 0 aliphatic heterocycles. The van der Waals surface area contributed by atoms with E-state index in [0.29, 0.717) is 52.7 Å². The van der Waals surface area contributed by atoms with Crippen LogP contribution in [0.25, 0.3) is 0 Å². The van der Waals surface area contributed by atoms with Crippen LogP contribution in [0, 0.1) is 0 Å². The molecule has 0 atom stereocenters. The zero-order chi connectivity index (χ0) is 17.4. The van der Waals surface area contributed by atoms with Crippen LogP contribution in [0.4, 0.5) is 0 Å². The maximum absolute atomic E-state index is 8.59. The molecule has 1 N–H and O–H groups in total. The van der Waals surface area contributed by atoms with E-state index in [1.807, 2.05) is 6.92 Å². The molecule has 0 bridgehead atoms. The van der Waals surface area contributed by atoms with Crippen LogP contribution < -0.4 is 14.2 Å². The van der Waals surface area contributed by atoms with Crippen molar-refractivity contribution in [3.05, 3.63) is 52.0 Å². The highest BCUT2D eigenvalue weighted by Crippen LogP contribution is 2.29. The SMILES string of the molecule is CCOc1cc(C=NO)ccc1OCCOc1cc(Cl)ccc1Cl. The summed E-state index contributed by atoms with van der Waals surface area (Å²) < 4.78 is 16.8. The molecule has 24 heavy (non-hydrogen) atoms. The molecule has 0 heterocycles. The monoisotopic (exact) mass is 369 g/mol. The van der Waals surface area contributed by atoms with Crippen molar-refractivity contribution in [2.45, 2.75) is 6.92 Å². The lowest BCUT2D eigenvalue weighted by molar-refractivity contribution is 0.208. The van der Waals surface area contributed by atoms with E-state index in [4.69, 9.17) is 42.6 Å². The second-order valence-corrected chi connectivity index (χ2v) is 5.50. The first-order valence-electron chi connectivity index (χ1n) is 7.29. The average molecular weight is 370 g/mol. The summed E-state index contributed by atoms with van der Waals surface area (Å²) in [7, 11) is 0. The van der Waals surface area contributed by atoms with Crippen LogP contribution in [0.2, 0.25) is 10.0 Å². The molecular formula is C17H17Cl2NO4. The maximum atomic E-state index is 8.59. The van der Waals surface area contributed by atoms with E-state index in [-0.39, 0.29) is 0 Å². The number of benzene rings is 2. The van der Waals surface area contributed by atoms with Crippen molar-refractivity contribution >= 4 is 29.4 Å². The Morgan fingerprint density at radius 3 is 2.42 bits per heavy atom. The number of oxime groups is 1. The van der Waals surface area contributed by atoms with Crippen molar-refractivity contribution in [2.75, 3.05) is 19.8 Å². The highest BCUT2D eigenvalue weighted by atomic mass is 35.5. The molecule has 0 aliphatic rings. The van der Waals surface area contributed by atoms with Gasteiger partial charge in [-0.15, -0.1) is 0 Å². The van der Waals surface area contributed by atoms with Gasteiger partial charge in [-0.1, -0.05) is 28.4 Å². The van der Waals surface area contributed by atoms with Gasteiger partial charge in [0.15, 0.2) is 11.5 Å². The van der Waals surface area contributed by atoms with Crippen LogP contribution >= 0.6 is 23.2 Å². The summed E-state index contributed by atoms with van der Waals surface area (Å²) in [5.74, 6) is 1.65. The number of halogens is 2. The molecule has 0 radical (unpaired) electrons. The topological polar surface area (TPSA) is 60.3 Å². The normalized spacial score (nSPS) is 10.8. The predicted molar refractivity (Wildman–Crippen MR) is 94.4 cm³/mol. The molecule has 0 fully saturated rings. The molecule has 7 heteroatoms. The van der Waals surface area contributed by atoms with Gasteiger partial charge in [0.1, 0.15) is 19.0 Å². The van der Waals surface area contributed by atoms with Gasteiger partial charge in [0.2, 0.25) is 0 Å². The summed E-state index contributed by atoms with van der Waals surface area (Å²) >= 11 is 11.9. The Hall–Kier alpha value is -2.11. The second kappa shape index (κ2) is 9.25. The van der Waals surface area contributed by atoms with Gasteiger partial charge in [-0.2, -0.15) is 0 Å². The van der Waals surface area contributed by atoms with Crippen LogP contribution in [0.15, 0.2) is 41.6 Å². The quantitative estimate of drug-likeness (QED) is 0.318. The van der Waals surface area contributed by atoms with Gasteiger partial charge in [-0.25, -0.2) is 0 Å². The summed E-state index contributed by atoms with van der Waals surface area (Å²) in [6.45, 7) is 2.97. The van der Waals surface area contributed by atoms with E-state index < -0.39 is 0 Å². The molecule has 5 nitrogen and oxygen atoms in total. The van der Waals surface area contributed by atoms with Crippen molar-refractivity contribution in [1.29, 1.82) is 0 Å². The van der Waals surface area contributed by atoms with Crippen LogP contribution in [0.1, 0.15) is 12.5 Å². The number of rotatable bonds is 8. The van der Waals surface area contributed by atoms with Gasteiger partial charge >= 0.3 is 0 Å². The Labute approximate surface area is 150 Å². The van der Waals surface area contributed by atoms with E-state index in [1.165, 1.54) is 6.21 Å². The van der Waals surface area contributed by atoms with E-state index in [0.717, 1.165) is 0 Å². The number of hydrogen-bond donors (Lipinski definition) is 1. The summed E-state index contributed by atoms with van der Waals surface area (Å²) in [6, 6.07) is 10.2. The first-order chi connectivity index (χ1) is 11.6. The molecular weight excluding hydrogens is 353 g/mol. The van der Waals surface area contributed by atoms with Crippen molar-refractivity contribution < 1.29 is 19.4 Å². The fourth-order valence-electron chi connectivity index (χ4n) is 1.95. The summed E-state index contributed by atoms with van der Waals surface area (Å²) in [4.78, 5) is 0. The van der Waals surface area contributed by atoms with Crippen LogP contribution in [-0.2, 0) is 0 Å². The van der Waals surface area contributed by atoms with E-state index in [2.05, 4.69) is 5.16 Å². The Morgan fingerprint density at radius 2 is 1.71 bits per heavy atom. The van der Waals surface area contributed by atoms with Gasteiger partial charge in [0.05, 0.1) is 17.8 Å². The third kappa shape index (κ3) is 5.22. The van der Waals surface area contributed by atoms with Gasteiger partial charge < -0.3 is 19.4 Å². The minimum atomic E-state index is 0.297.